The van der Waals surface area contributed by atoms with Crippen molar-refractivity contribution in [3.63, 3.8) is 0 Å². The molecule has 0 aliphatic heterocycles. The Bertz CT molecular complexity index is 579. The van der Waals surface area contributed by atoms with E-state index in [1.54, 1.807) is 0 Å². The monoisotopic (exact) mass is 295 g/mol. The molecule has 0 aliphatic carbocycles. The van der Waals surface area contributed by atoms with Gasteiger partial charge in [0.25, 0.3) is 0 Å². The summed E-state index contributed by atoms with van der Waals surface area (Å²) in [6.45, 7) is 1.99. The van der Waals surface area contributed by atoms with Gasteiger partial charge in [-0.3, -0.25) is 4.79 Å². The van der Waals surface area contributed by atoms with Crippen LogP contribution in [0.25, 0.3) is 0 Å². The molecule has 1 amide bonds. The van der Waals surface area contributed by atoms with Crippen LogP contribution in [-0.4, -0.2) is 15.9 Å². The average Bonchev–Trinajstić information content (AvgIpc) is 2.37. The summed E-state index contributed by atoms with van der Waals surface area (Å²) < 4.78 is 0. The minimum Gasteiger partial charge on any atom is -0.321 e. The molecule has 1 aromatic carbocycles. The number of carbonyl (C=O) groups excluding carboxylic acids is 1. The van der Waals surface area contributed by atoms with Gasteiger partial charge in [0.1, 0.15) is 12.0 Å². The van der Waals surface area contributed by atoms with E-state index in [1.807, 2.05) is 31.2 Å². The molecule has 98 valence electrons. The molecule has 0 bridgehead atoms. The Morgan fingerprint density at radius 2 is 1.74 bits per heavy atom. The van der Waals surface area contributed by atoms with Gasteiger partial charge in [0.2, 0.25) is 5.91 Å². The zero-order valence-corrected chi connectivity index (χ0v) is 11.7. The Hall–Kier alpha value is -1.65. The standard InChI is InChI=1S/C13H11Cl2N3O/c1-8-2-4-9(5-3-8)6-10(19)18-11-12(14)16-7-17-13(11)15/h2-5,7H,6H2,1H3,(H,18,19). The molecule has 0 saturated carbocycles. The molecule has 0 atom stereocenters. The molecule has 4 nitrogen and oxygen atoms in total. The number of nitrogens with zero attached hydrogens (tertiary/aromatic N) is 2. The zero-order valence-electron chi connectivity index (χ0n) is 10.2. The number of rotatable bonds is 3. The molecule has 0 aliphatic rings. The number of aromatic nitrogens is 2. The van der Waals surface area contributed by atoms with Crippen LogP contribution in [0.5, 0.6) is 0 Å². The van der Waals surface area contributed by atoms with Gasteiger partial charge in [0.05, 0.1) is 6.42 Å². The first-order valence-electron chi connectivity index (χ1n) is 5.57. The highest BCUT2D eigenvalue weighted by Gasteiger charge is 2.12. The Labute approximate surface area is 120 Å². The van der Waals surface area contributed by atoms with Crippen molar-refractivity contribution < 1.29 is 4.79 Å². The first-order valence-corrected chi connectivity index (χ1v) is 6.33. The predicted octanol–water partition coefficient (Wildman–Crippen LogP) is 3.27. The molecule has 2 rings (SSSR count). The van der Waals surface area contributed by atoms with Gasteiger partial charge in [-0.15, -0.1) is 0 Å². The topological polar surface area (TPSA) is 54.9 Å². The molecule has 2 aromatic rings. The van der Waals surface area contributed by atoms with Crippen molar-refractivity contribution in [2.45, 2.75) is 13.3 Å². The third kappa shape index (κ3) is 3.66. The molecule has 0 unspecified atom stereocenters. The fourth-order valence-corrected chi connectivity index (χ4v) is 1.93. The molecule has 1 heterocycles. The van der Waals surface area contributed by atoms with E-state index in [0.29, 0.717) is 0 Å². The van der Waals surface area contributed by atoms with Gasteiger partial charge >= 0.3 is 0 Å². The van der Waals surface area contributed by atoms with Gasteiger partial charge in [-0.2, -0.15) is 0 Å². The van der Waals surface area contributed by atoms with Crippen molar-refractivity contribution in [3.05, 3.63) is 52.0 Å². The van der Waals surface area contributed by atoms with Crippen molar-refractivity contribution in [1.82, 2.24) is 9.97 Å². The van der Waals surface area contributed by atoms with E-state index in [4.69, 9.17) is 23.2 Å². The van der Waals surface area contributed by atoms with Crippen LogP contribution in [-0.2, 0) is 11.2 Å². The van der Waals surface area contributed by atoms with Gasteiger partial charge in [-0.1, -0.05) is 53.0 Å². The van der Waals surface area contributed by atoms with E-state index in [-0.39, 0.29) is 28.3 Å². The van der Waals surface area contributed by atoms with Crippen LogP contribution in [0.2, 0.25) is 10.3 Å². The second kappa shape index (κ2) is 5.99. The Balaban J connectivity index is 2.07. The normalized spacial score (nSPS) is 10.3. The van der Waals surface area contributed by atoms with E-state index >= 15 is 0 Å². The van der Waals surface area contributed by atoms with E-state index in [2.05, 4.69) is 15.3 Å². The second-order valence-electron chi connectivity index (χ2n) is 4.04. The predicted molar refractivity (Wildman–Crippen MR) is 75.6 cm³/mol. The Kier molecular flexibility index (Phi) is 4.35. The van der Waals surface area contributed by atoms with Crippen LogP contribution in [0, 0.1) is 6.92 Å². The fourth-order valence-electron chi connectivity index (χ4n) is 1.52. The number of anilines is 1. The lowest BCUT2D eigenvalue weighted by Crippen LogP contribution is -2.15. The number of benzene rings is 1. The summed E-state index contributed by atoms with van der Waals surface area (Å²) in [5.74, 6) is -0.220. The summed E-state index contributed by atoms with van der Waals surface area (Å²) in [6, 6.07) is 7.71. The summed E-state index contributed by atoms with van der Waals surface area (Å²) in [7, 11) is 0. The Morgan fingerprint density at radius 3 is 2.32 bits per heavy atom. The summed E-state index contributed by atoms with van der Waals surface area (Å²) >= 11 is 11.7. The number of aryl methyl sites for hydroxylation is 1. The average molecular weight is 296 g/mol. The summed E-state index contributed by atoms with van der Waals surface area (Å²) in [6.07, 6.45) is 1.47. The molecule has 0 radical (unpaired) electrons. The molecule has 0 saturated heterocycles. The van der Waals surface area contributed by atoms with Gasteiger partial charge in [0, 0.05) is 0 Å². The lowest BCUT2D eigenvalue weighted by atomic mass is 10.1. The second-order valence-corrected chi connectivity index (χ2v) is 4.76. The first kappa shape index (κ1) is 13.8. The fraction of sp³-hybridized carbons (Fsp3) is 0.154. The van der Waals surface area contributed by atoms with Crippen LogP contribution in [0.15, 0.2) is 30.6 Å². The molecule has 19 heavy (non-hydrogen) atoms. The highest BCUT2D eigenvalue weighted by atomic mass is 35.5. The molecule has 0 spiro atoms. The highest BCUT2D eigenvalue weighted by Crippen LogP contribution is 2.25. The van der Waals surface area contributed by atoms with Crippen molar-refractivity contribution in [2.75, 3.05) is 5.32 Å². The first-order chi connectivity index (χ1) is 9.06. The number of carbonyl (C=O) groups is 1. The molecular weight excluding hydrogens is 285 g/mol. The van der Waals surface area contributed by atoms with E-state index in [9.17, 15) is 4.79 Å². The third-order valence-electron chi connectivity index (χ3n) is 2.50. The van der Waals surface area contributed by atoms with Crippen LogP contribution < -0.4 is 5.32 Å². The third-order valence-corrected chi connectivity index (χ3v) is 3.08. The maximum atomic E-state index is 11.9. The lowest BCUT2D eigenvalue weighted by molar-refractivity contribution is -0.115. The van der Waals surface area contributed by atoms with Gasteiger partial charge in [-0.05, 0) is 12.5 Å². The molecular formula is C13H11Cl2N3O. The maximum absolute atomic E-state index is 11.9. The van der Waals surface area contributed by atoms with Crippen LogP contribution in [0.1, 0.15) is 11.1 Å². The summed E-state index contributed by atoms with van der Waals surface area (Å²) in [4.78, 5) is 19.4. The minimum absolute atomic E-state index is 0.122. The molecule has 1 N–H and O–H groups in total. The SMILES string of the molecule is Cc1ccc(CC(=O)Nc2c(Cl)ncnc2Cl)cc1. The van der Waals surface area contributed by atoms with Crippen LogP contribution in [0.4, 0.5) is 5.69 Å². The molecule has 0 fully saturated rings. The minimum atomic E-state index is -0.220. The number of hydrogen-bond donors (Lipinski definition) is 1. The number of amides is 1. The largest absolute Gasteiger partial charge is 0.321 e. The van der Waals surface area contributed by atoms with Gasteiger partial charge in [0.15, 0.2) is 10.3 Å². The van der Waals surface area contributed by atoms with E-state index in [0.717, 1.165) is 11.1 Å². The van der Waals surface area contributed by atoms with E-state index < -0.39 is 0 Å². The van der Waals surface area contributed by atoms with Crippen molar-refractivity contribution in [3.8, 4) is 0 Å². The summed E-state index contributed by atoms with van der Waals surface area (Å²) in [5.41, 5.74) is 2.29. The Morgan fingerprint density at radius 1 is 1.16 bits per heavy atom. The van der Waals surface area contributed by atoms with Crippen LogP contribution >= 0.6 is 23.2 Å². The zero-order chi connectivity index (χ0) is 13.8. The van der Waals surface area contributed by atoms with E-state index in [1.165, 1.54) is 6.33 Å². The highest BCUT2D eigenvalue weighted by molar-refractivity contribution is 6.38. The number of nitrogens with one attached hydrogen (secondary N) is 1. The maximum Gasteiger partial charge on any atom is 0.228 e. The quantitative estimate of drug-likeness (QED) is 0.884. The van der Waals surface area contributed by atoms with Crippen molar-refractivity contribution in [1.29, 1.82) is 0 Å². The van der Waals surface area contributed by atoms with Gasteiger partial charge < -0.3 is 5.32 Å². The number of hydrogen-bond acceptors (Lipinski definition) is 3. The van der Waals surface area contributed by atoms with Crippen molar-refractivity contribution in [2.24, 2.45) is 0 Å². The number of halogens is 2. The molecule has 6 heteroatoms. The van der Waals surface area contributed by atoms with Crippen molar-refractivity contribution >= 4 is 34.8 Å². The molecule has 1 aromatic heterocycles. The van der Waals surface area contributed by atoms with Crippen LogP contribution in [0.3, 0.4) is 0 Å². The van der Waals surface area contributed by atoms with Gasteiger partial charge in [-0.25, -0.2) is 9.97 Å². The smallest absolute Gasteiger partial charge is 0.228 e. The lowest BCUT2D eigenvalue weighted by Gasteiger charge is -2.07. The summed E-state index contributed by atoms with van der Waals surface area (Å²) in [5, 5.41) is 2.86.